The van der Waals surface area contributed by atoms with Crippen LogP contribution in [0.5, 0.6) is 0 Å². The predicted octanol–water partition coefficient (Wildman–Crippen LogP) is 3.68. The lowest BCUT2D eigenvalue weighted by Crippen LogP contribution is -2.27. The molecular formula is C11H17ClN2OS. The SMILES string of the molecule is CCC1CCCCC1OCc1nnsc1Cl. The van der Waals surface area contributed by atoms with Gasteiger partial charge in [-0.1, -0.05) is 42.3 Å². The van der Waals surface area contributed by atoms with Crippen LogP contribution in [0.15, 0.2) is 0 Å². The highest BCUT2D eigenvalue weighted by atomic mass is 35.5. The lowest BCUT2D eigenvalue weighted by atomic mass is 9.85. The first-order valence-electron chi connectivity index (χ1n) is 5.89. The van der Waals surface area contributed by atoms with E-state index in [1.54, 1.807) is 0 Å². The third kappa shape index (κ3) is 2.93. The Kier molecular flexibility index (Phi) is 4.55. The van der Waals surface area contributed by atoms with Crippen molar-refractivity contribution in [3.05, 3.63) is 10.0 Å². The van der Waals surface area contributed by atoms with Crippen molar-refractivity contribution in [2.75, 3.05) is 0 Å². The molecule has 1 saturated carbocycles. The van der Waals surface area contributed by atoms with Crippen LogP contribution in [0, 0.1) is 5.92 Å². The molecule has 1 fully saturated rings. The van der Waals surface area contributed by atoms with Gasteiger partial charge in [-0.3, -0.25) is 0 Å². The highest BCUT2D eigenvalue weighted by molar-refractivity contribution is 7.10. The monoisotopic (exact) mass is 260 g/mol. The van der Waals surface area contributed by atoms with E-state index < -0.39 is 0 Å². The van der Waals surface area contributed by atoms with Gasteiger partial charge in [0.25, 0.3) is 0 Å². The van der Waals surface area contributed by atoms with Crippen LogP contribution in [-0.2, 0) is 11.3 Å². The molecule has 0 amide bonds. The Hall–Kier alpha value is -0.190. The van der Waals surface area contributed by atoms with Crippen LogP contribution in [0.2, 0.25) is 4.34 Å². The van der Waals surface area contributed by atoms with E-state index >= 15 is 0 Å². The second kappa shape index (κ2) is 5.94. The second-order valence-corrected chi connectivity index (χ2v) is 5.65. The van der Waals surface area contributed by atoms with E-state index in [1.807, 2.05) is 0 Å². The van der Waals surface area contributed by atoms with Gasteiger partial charge in [0.05, 0.1) is 12.7 Å². The lowest BCUT2D eigenvalue weighted by molar-refractivity contribution is -0.0234. The highest BCUT2D eigenvalue weighted by Crippen LogP contribution is 2.30. The second-order valence-electron chi connectivity index (χ2n) is 4.30. The summed E-state index contributed by atoms with van der Waals surface area (Å²) in [7, 11) is 0. The smallest absolute Gasteiger partial charge is 0.139 e. The van der Waals surface area contributed by atoms with Gasteiger partial charge in [-0.2, -0.15) is 0 Å². The van der Waals surface area contributed by atoms with E-state index in [4.69, 9.17) is 16.3 Å². The summed E-state index contributed by atoms with van der Waals surface area (Å²) in [4.78, 5) is 0. The summed E-state index contributed by atoms with van der Waals surface area (Å²) >= 11 is 7.16. The minimum Gasteiger partial charge on any atom is -0.371 e. The molecule has 1 aliphatic rings. The van der Waals surface area contributed by atoms with Crippen LogP contribution in [-0.4, -0.2) is 15.7 Å². The first kappa shape index (κ1) is 12.3. The van der Waals surface area contributed by atoms with Crippen LogP contribution in [0.4, 0.5) is 0 Å². The van der Waals surface area contributed by atoms with Crippen molar-refractivity contribution < 1.29 is 4.74 Å². The maximum Gasteiger partial charge on any atom is 0.139 e. The zero-order valence-electron chi connectivity index (χ0n) is 9.49. The summed E-state index contributed by atoms with van der Waals surface area (Å²) in [5.41, 5.74) is 0.784. The zero-order valence-corrected chi connectivity index (χ0v) is 11.1. The quantitative estimate of drug-likeness (QED) is 0.828. The number of rotatable bonds is 4. The van der Waals surface area contributed by atoms with Crippen LogP contribution in [0.1, 0.15) is 44.7 Å². The van der Waals surface area contributed by atoms with Crippen LogP contribution in [0.25, 0.3) is 0 Å². The molecule has 16 heavy (non-hydrogen) atoms. The van der Waals surface area contributed by atoms with Gasteiger partial charge in [-0.15, -0.1) is 5.10 Å². The number of halogens is 1. The van der Waals surface area contributed by atoms with Crippen molar-refractivity contribution in [1.29, 1.82) is 0 Å². The lowest BCUT2D eigenvalue weighted by Gasteiger charge is -2.30. The Bertz CT molecular complexity index is 332. The molecule has 2 rings (SSSR count). The molecule has 1 heterocycles. The average Bonchev–Trinajstić information content (AvgIpc) is 2.72. The third-order valence-electron chi connectivity index (χ3n) is 3.31. The molecule has 0 bridgehead atoms. The fourth-order valence-electron chi connectivity index (χ4n) is 2.33. The van der Waals surface area contributed by atoms with Crippen LogP contribution in [0.3, 0.4) is 0 Å². The predicted molar refractivity (Wildman–Crippen MR) is 65.7 cm³/mol. The van der Waals surface area contributed by atoms with E-state index in [-0.39, 0.29) is 0 Å². The summed E-state index contributed by atoms with van der Waals surface area (Å²) in [5.74, 6) is 0.708. The molecule has 0 aliphatic heterocycles. The fourth-order valence-corrected chi connectivity index (χ4v) is 2.93. The summed E-state index contributed by atoms with van der Waals surface area (Å²) in [6, 6.07) is 0. The molecular weight excluding hydrogens is 244 g/mol. The summed E-state index contributed by atoms with van der Waals surface area (Å²) < 4.78 is 10.4. The maximum absolute atomic E-state index is 5.94. The van der Waals surface area contributed by atoms with Gasteiger partial charge in [-0.25, -0.2) is 0 Å². The van der Waals surface area contributed by atoms with Gasteiger partial charge in [-0.05, 0) is 18.8 Å². The van der Waals surface area contributed by atoms with Gasteiger partial charge >= 0.3 is 0 Å². The van der Waals surface area contributed by atoms with Gasteiger partial charge in [0.2, 0.25) is 0 Å². The molecule has 1 aliphatic carbocycles. The van der Waals surface area contributed by atoms with Crippen molar-refractivity contribution in [3.8, 4) is 0 Å². The standard InChI is InChI=1S/C11H17ClN2OS/c1-2-8-5-3-4-6-10(8)15-7-9-11(12)16-14-13-9/h8,10H,2-7H2,1H3. The fraction of sp³-hybridized carbons (Fsp3) is 0.818. The Balaban J connectivity index is 1.86. The van der Waals surface area contributed by atoms with Gasteiger partial charge < -0.3 is 4.74 Å². The zero-order chi connectivity index (χ0) is 11.4. The van der Waals surface area contributed by atoms with Gasteiger partial charge in [0, 0.05) is 11.5 Å². The maximum atomic E-state index is 5.94. The van der Waals surface area contributed by atoms with E-state index in [0.717, 1.165) is 5.69 Å². The molecule has 2 atom stereocenters. The summed E-state index contributed by atoms with van der Waals surface area (Å²) in [6.45, 7) is 2.75. The van der Waals surface area contributed by atoms with Crippen LogP contribution >= 0.6 is 23.1 Å². The van der Waals surface area contributed by atoms with Crippen LogP contribution < -0.4 is 0 Å². The Morgan fingerprint density at radius 2 is 2.25 bits per heavy atom. The summed E-state index contributed by atoms with van der Waals surface area (Å²) in [6.07, 6.45) is 6.68. The third-order valence-corrected chi connectivity index (χ3v) is 4.29. The van der Waals surface area contributed by atoms with E-state index in [1.165, 1.54) is 43.6 Å². The van der Waals surface area contributed by atoms with Crippen molar-refractivity contribution in [2.45, 2.75) is 51.7 Å². The molecule has 0 N–H and O–H groups in total. The van der Waals surface area contributed by atoms with Crippen molar-refractivity contribution >= 4 is 23.1 Å². The van der Waals surface area contributed by atoms with Crippen molar-refractivity contribution in [1.82, 2.24) is 9.59 Å². The molecule has 5 heteroatoms. The Morgan fingerprint density at radius 1 is 1.44 bits per heavy atom. The molecule has 0 saturated heterocycles. The summed E-state index contributed by atoms with van der Waals surface area (Å²) in [5, 5.41) is 3.96. The molecule has 0 spiro atoms. The van der Waals surface area contributed by atoms with Gasteiger partial charge in [0.15, 0.2) is 0 Å². The molecule has 0 aromatic carbocycles. The number of ether oxygens (including phenoxy) is 1. The number of nitrogens with zero attached hydrogens (tertiary/aromatic N) is 2. The normalized spacial score (nSPS) is 25.9. The molecule has 3 nitrogen and oxygen atoms in total. The van der Waals surface area contributed by atoms with Crippen molar-refractivity contribution in [2.24, 2.45) is 5.92 Å². The van der Waals surface area contributed by atoms with Crippen molar-refractivity contribution in [3.63, 3.8) is 0 Å². The van der Waals surface area contributed by atoms with E-state index in [9.17, 15) is 0 Å². The molecule has 2 unspecified atom stereocenters. The van der Waals surface area contributed by atoms with E-state index in [2.05, 4.69) is 16.5 Å². The minimum absolute atomic E-state index is 0.386. The minimum atomic E-state index is 0.386. The molecule has 90 valence electrons. The Labute approximate surface area is 105 Å². The van der Waals surface area contributed by atoms with Gasteiger partial charge in [0.1, 0.15) is 10.0 Å². The number of aromatic nitrogens is 2. The molecule has 0 radical (unpaired) electrons. The Morgan fingerprint density at radius 3 is 2.94 bits per heavy atom. The van der Waals surface area contributed by atoms with E-state index in [0.29, 0.717) is 23.0 Å². The topological polar surface area (TPSA) is 35.0 Å². The first-order valence-corrected chi connectivity index (χ1v) is 7.04. The molecule has 1 aromatic heterocycles. The largest absolute Gasteiger partial charge is 0.371 e. The average molecular weight is 261 g/mol. The number of hydrogen-bond donors (Lipinski definition) is 0. The first-order chi connectivity index (χ1) is 7.81. The molecule has 1 aromatic rings. The number of hydrogen-bond acceptors (Lipinski definition) is 4. The highest BCUT2D eigenvalue weighted by Gasteiger charge is 2.24.